The highest BCUT2D eigenvalue weighted by atomic mass is 16.5. The van der Waals surface area contributed by atoms with Crippen LogP contribution in [-0.4, -0.2) is 13.1 Å². The zero-order chi connectivity index (χ0) is 10.1. The standard InChI is InChI=1S/C11H20O2/c1-8(2)11(10(12)13-4)6-5-9(3)7-11/h8-9H,5-7H2,1-4H3/t9-,11-/m1/s1. The highest BCUT2D eigenvalue weighted by molar-refractivity contribution is 5.77. The van der Waals surface area contributed by atoms with Crippen LogP contribution in [0.2, 0.25) is 0 Å². The number of carbonyl (C=O) groups is 1. The Labute approximate surface area is 80.7 Å². The molecule has 0 spiro atoms. The Kier molecular flexibility index (Phi) is 2.99. The first-order valence-electron chi connectivity index (χ1n) is 5.11. The molecule has 0 amide bonds. The minimum atomic E-state index is -0.186. The van der Waals surface area contributed by atoms with Crippen LogP contribution in [0.5, 0.6) is 0 Å². The molecule has 1 aliphatic rings. The molecule has 0 unspecified atom stereocenters. The summed E-state index contributed by atoms with van der Waals surface area (Å²) in [5.74, 6) is 1.05. The van der Waals surface area contributed by atoms with Gasteiger partial charge in [0.15, 0.2) is 0 Å². The van der Waals surface area contributed by atoms with Crippen LogP contribution in [0.3, 0.4) is 0 Å². The van der Waals surface area contributed by atoms with Crippen molar-refractivity contribution in [3.05, 3.63) is 0 Å². The van der Waals surface area contributed by atoms with Crippen molar-refractivity contribution in [3.8, 4) is 0 Å². The monoisotopic (exact) mass is 184 g/mol. The van der Waals surface area contributed by atoms with Crippen molar-refractivity contribution in [2.45, 2.75) is 40.0 Å². The Hall–Kier alpha value is -0.530. The fourth-order valence-corrected chi connectivity index (χ4v) is 2.48. The van der Waals surface area contributed by atoms with Crippen molar-refractivity contribution < 1.29 is 9.53 Å². The van der Waals surface area contributed by atoms with Gasteiger partial charge < -0.3 is 4.74 Å². The summed E-state index contributed by atoms with van der Waals surface area (Å²) in [6.07, 6.45) is 3.16. The van der Waals surface area contributed by atoms with Gasteiger partial charge in [-0.2, -0.15) is 0 Å². The maximum Gasteiger partial charge on any atom is 0.312 e. The summed E-state index contributed by atoms with van der Waals surface area (Å²) < 4.78 is 4.91. The lowest BCUT2D eigenvalue weighted by molar-refractivity contribution is -0.155. The lowest BCUT2D eigenvalue weighted by atomic mass is 9.75. The molecule has 2 heteroatoms. The molecule has 2 nitrogen and oxygen atoms in total. The van der Waals surface area contributed by atoms with Crippen LogP contribution in [0.1, 0.15) is 40.0 Å². The molecule has 0 aromatic rings. The number of esters is 1. The Balaban J connectivity index is 2.83. The van der Waals surface area contributed by atoms with Gasteiger partial charge in [-0.25, -0.2) is 0 Å². The van der Waals surface area contributed by atoms with Gasteiger partial charge in [-0.1, -0.05) is 20.8 Å². The van der Waals surface area contributed by atoms with Crippen LogP contribution in [0, 0.1) is 17.3 Å². The smallest absolute Gasteiger partial charge is 0.312 e. The predicted octanol–water partition coefficient (Wildman–Crippen LogP) is 2.62. The topological polar surface area (TPSA) is 26.3 Å². The molecule has 0 aliphatic heterocycles. The maximum absolute atomic E-state index is 11.7. The van der Waals surface area contributed by atoms with E-state index in [9.17, 15) is 4.79 Å². The first kappa shape index (κ1) is 10.6. The molecular formula is C11H20O2. The molecule has 0 heterocycles. The van der Waals surface area contributed by atoms with Gasteiger partial charge in [0.05, 0.1) is 12.5 Å². The SMILES string of the molecule is COC(=O)[C@]1(C(C)C)CC[C@@H](C)C1. The second kappa shape index (κ2) is 3.69. The van der Waals surface area contributed by atoms with Crippen LogP contribution >= 0.6 is 0 Å². The van der Waals surface area contributed by atoms with Crippen molar-refractivity contribution >= 4 is 5.97 Å². The van der Waals surface area contributed by atoms with E-state index in [2.05, 4.69) is 20.8 Å². The lowest BCUT2D eigenvalue weighted by Crippen LogP contribution is -2.34. The van der Waals surface area contributed by atoms with Crippen molar-refractivity contribution in [2.24, 2.45) is 17.3 Å². The minimum Gasteiger partial charge on any atom is -0.469 e. The highest BCUT2D eigenvalue weighted by Gasteiger charge is 2.47. The Morgan fingerprint density at radius 2 is 2.15 bits per heavy atom. The summed E-state index contributed by atoms with van der Waals surface area (Å²) in [4.78, 5) is 11.7. The first-order chi connectivity index (χ1) is 6.03. The van der Waals surface area contributed by atoms with Crippen LogP contribution in [0.15, 0.2) is 0 Å². The number of methoxy groups -OCH3 is 1. The molecule has 13 heavy (non-hydrogen) atoms. The second-order valence-electron chi connectivity index (χ2n) is 4.65. The van der Waals surface area contributed by atoms with E-state index in [-0.39, 0.29) is 11.4 Å². The van der Waals surface area contributed by atoms with Crippen LogP contribution < -0.4 is 0 Å². The maximum atomic E-state index is 11.7. The zero-order valence-electron chi connectivity index (χ0n) is 9.09. The third-order valence-electron chi connectivity index (χ3n) is 3.49. The molecule has 0 N–H and O–H groups in total. The van der Waals surface area contributed by atoms with E-state index in [1.165, 1.54) is 7.11 Å². The van der Waals surface area contributed by atoms with Crippen molar-refractivity contribution in [3.63, 3.8) is 0 Å². The van der Waals surface area contributed by atoms with Gasteiger partial charge in [0.25, 0.3) is 0 Å². The van der Waals surface area contributed by atoms with E-state index in [0.717, 1.165) is 19.3 Å². The van der Waals surface area contributed by atoms with Crippen molar-refractivity contribution in [2.75, 3.05) is 7.11 Å². The Morgan fingerprint density at radius 1 is 1.54 bits per heavy atom. The molecule has 0 radical (unpaired) electrons. The van der Waals surface area contributed by atoms with E-state index in [0.29, 0.717) is 11.8 Å². The minimum absolute atomic E-state index is 0.00755. The summed E-state index contributed by atoms with van der Waals surface area (Å²) in [6, 6.07) is 0. The molecule has 1 aliphatic carbocycles. The van der Waals surface area contributed by atoms with Gasteiger partial charge in [0.1, 0.15) is 0 Å². The molecule has 0 aromatic heterocycles. The number of hydrogen-bond acceptors (Lipinski definition) is 2. The van der Waals surface area contributed by atoms with E-state index in [1.807, 2.05) is 0 Å². The van der Waals surface area contributed by atoms with Crippen molar-refractivity contribution in [1.82, 2.24) is 0 Å². The van der Waals surface area contributed by atoms with Gasteiger partial charge in [0.2, 0.25) is 0 Å². The summed E-state index contributed by atoms with van der Waals surface area (Å²) in [6.45, 7) is 6.46. The Morgan fingerprint density at radius 3 is 2.46 bits per heavy atom. The number of hydrogen-bond donors (Lipinski definition) is 0. The molecule has 0 saturated heterocycles. The van der Waals surface area contributed by atoms with E-state index < -0.39 is 0 Å². The van der Waals surface area contributed by atoms with E-state index >= 15 is 0 Å². The van der Waals surface area contributed by atoms with Crippen molar-refractivity contribution in [1.29, 1.82) is 0 Å². The molecule has 2 atom stereocenters. The predicted molar refractivity (Wildman–Crippen MR) is 52.3 cm³/mol. The van der Waals surface area contributed by atoms with Crippen LogP contribution in [0.25, 0.3) is 0 Å². The van der Waals surface area contributed by atoms with Crippen LogP contribution in [0.4, 0.5) is 0 Å². The van der Waals surface area contributed by atoms with Gasteiger partial charge in [-0.15, -0.1) is 0 Å². The largest absolute Gasteiger partial charge is 0.469 e. The summed E-state index contributed by atoms with van der Waals surface area (Å²) >= 11 is 0. The van der Waals surface area contributed by atoms with Gasteiger partial charge >= 0.3 is 5.97 Å². The fourth-order valence-electron chi connectivity index (χ4n) is 2.48. The Bertz CT molecular complexity index is 198. The van der Waals surface area contributed by atoms with E-state index in [4.69, 9.17) is 4.74 Å². The summed E-state index contributed by atoms with van der Waals surface area (Å²) in [5, 5.41) is 0. The van der Waals surface area contributed by atoms with Gasteiger partial charge in [-0.05, 0) is 31.1 Å². The summed E-state index contributed by atoms with van der Waals surface area (Å²) in [5.41, 5.74) is -0.186. The normalized spacial score (nSPS) is 33.8. The molecule has 1 fully saturated rings. The second-order valence-corrected chi connectivity index (χ2v) is 4.65. The molecule has 1 saturated carbocycles. The fraction of sp³-hybridized carbons (Fsp3) is 0.909. The quantitative estimate of drug-likeness (QED) is 0.617. The molecule has 0 bridgehead atoms. The lowest BCUT2D eigenvalue weighted by Gasteiger charge is -2.30. The van der Waals surface area contributed by atoms with E-state index in [1.54, 1.807) is 0 Å². The molecule has 1 rings (SSSR count). The van der Waals surface area contributed by atoms with Crippen LogP contribution in [-0.2, 0) is 9.53 Å². The average Bonchev–Trinajstić information content (AvgIpc) is 2.47. The molecule has 0 aromatic carbocycles. The number of carbonyl (C=O) groups excluding carboxylic acids is 1. The molecular weight excluding hydrogens is 164 g/mol. The molecule has 76 valence electrons. The number of rotatable bonds is 2. The number of ether oxygens (including phenoxy) is 1. The third kappa shape index (κ3) is 1.72. The first-order valence-corrected chi connectivity index (χ1v) is 5.11. The highest BCUT2D eigenvalue weighted by Crippen LogP contribution is 2.47. The third-order valence-corrected chi connectivity index (χ3v) is 3.49. The zero-order valence-corrected chi connectivity index (χ0v) is 9.09. The van der Waals surface area contributed by atoms with Gasteiger partial charge in [0, 0.05) is 0 Å². The summed E-state index contributed by atoms with van der Waals surface area (Å²) in [7, 11) is 1.50. The average molecular weight is 184 g/mol. The van der Waals surface area contributed by atoms with Gasteiger partial charge in [-0.3, -0.25) is 4.79 Å².